The van der Waals surface area contributed by atoms with E-state index in [0.717, 1.165) is 16.8 Å². The predicted octanol–water partition coefficient (Wildman–Crippen LogP) is 1.97. The highest BCUT2D eigenvalue weighted by molar-refractivity contribution is 7.91. The van der Waals surface area contributed by atoms with Gasteiger partial charge in [-0.1, -0.05) is 37.0 Å². The Kier molecular flexibility index (Phi) is 6.07. The van der Waals surface area contributed by atoms with Gasteiger partial charge in [0.2, 0.25) is 15.7 Å². The standard InChI is InChI=1S/C17H15Cl2N5O6S/c1-7(2)9-6-12(22-24(3)16(9)26)31(28,29)13-10(18)4-8(5-11(13)19)20-15(25)14-21-17(27)30-23-14/h4-7H,1-3H3,(H,20,25)(H,21,23,27). The number of hydrogen-bond acceptors (Lipinski definition) is 8. The summed E-state index contributed by atoms with van der Waals surface area (Å²) in [5.74, 6) is -2.41. The molecule has 0 spiro atoms. The quantitative estimate of drug-likeness (QED) is 0.552. The van der Waals surface area contributed by atoms with Crippen molar-refractivity contribution in [3.05, 3.63) is 60.5 Å². The average Bonchev–Trinajstić information content (AvgIpc) is 3.09. The normalized spacial score (nSPS) is 11.7. The Balaban J connectivity index is 2.04. The molecular formula is C17H15Cl2N5O6S. The van der Waals surface area contributed by atoms with E-state index in [9.17, 15) is 22.8 Å². The first kappa shape index (κ1) is 22.7. The summed E-state index contributed by atoms with van der Waals surface area (Å²) in [6, 6.07) is 3.50. The molecule has 31 heavy (non-hydrogen) atoms. The van der Waals surface area contributed by atoms with Gasteiger partial charge in [0, 0.05) is 18.3 Å². The summed E-state index contributed by atoms with van der Waals surface area (Å²) in [5.41, 5.74) is -0.122. The molecule has 0 unspecified atom stereocenters. The number of nitrogens with zero attached hydrogens (tertiary/aromatic N) is 3. The maximum absolute atomic E-state index is 13.2. The first-order chi connectivity index (χ1) is 14.4. The minimum absolute atomic E-state index is 0.0408. The van der Waals surface area contributed by atoms with Gasteiger partial charge >= 0.3 is 5.76 Å². The summed E-state index contributed by atoms with van der Waals surface area (Å²) in [4.78, 5) is 36.9. The topological polar surface area (TPSA) is 157 Å². The fourth-order valence-electron chi connectivity index (χ4n) is 2.66. The lowest BCUT2D eigenvalue weighted by atomic mass is 10.1. The summed E-state index contributed by atoms with van der Waals surface area (Å²) in [5, 5.41) is 8.44. The highest BCUT2D eigenvalue weighted by Gasteiger charge is 2.28. The van der Waals surface area contributed by atoms with Gasteiger partial charge in [0.15, 0.2) is 5.03 Å². The summed E-state index contributed by atoms with van der Waals surface area (Å²) in [6.07, 6.45) is 0. The van der Waals surface area contributed by atoms with Crippen molar-refractivity contribution in [3.8, 4) is 0 Å². The average molecular weight is 488 g/mol. The van der Waals surface area contributed by atoms with Crippen LogP contribution in [0.25, 0.3) is 0 Å². The molecule has 2 heterocycles. The molecule has 2 N–H and O–H groups in total. The van der Waals surface area contributed by atoms with Crippen molar-refractivity contribution in [2.75, 3.05) is 5.32 Å². The molecule has 0 aliphatic rings. The predicted molar refractivity (Wildman–Crippen MR) is 111 cm³/mol. The Morgan fingerprint density at radius 2 is 1.81 bits per heavy atom. The van der Waals surface area contributed by atoms with Crippen LogP contribution in [0.5, 0.6) is 0 Å². The van der Waals surface area contributed by atoms with Crippen molar-refractivity contribution in [2.24, 2.45) is 7.05 Å². The van der Waals surface area contributed by atoms with Crippen LogP contribution in [0.15, 0.2) is 42.2 Å². The van der Waals surface area contributed by atoms with Crippen LogP contribution in [0.1, 0.15) is 35.9 Å². The Bertz CT molecular complexity index is 1380. The fraction of sp³-hybridized carbons (Fsp3) is 0.235. The number of anilines is 1. The lowest BCUT2D eigenvalue weighted by Crippen LogP contribution is -2.26. The lowest BCUT2D eigenvalue weighted by molar-refractivity contribution is 0.101. The number of amides is 1. The Morgan fingerprint density at radius 3 is 2.32 bits per heavy atom. The highest BCUT2D eigenvalue weighted by atomic mass is 35.5. The zero-order valence-corrected chi connectivity index (χ0v) is 18.6. The highest BCUT2D eigenvalue weighted by Crippen LogP contribution is 2.36. The van der Waals surface area contributed by atoms with Gasteiger partial charge in [-0.25, -0.2) is 17.9 Å². The zero-order chi connectivity index (χ0) is 23.1. The maximum atomic E-state index is 13.2. The van der Waals surface area contributed by atoms with Gasteiger partial charge in [-0.05, 0) is 29.3 Å². The Labute approximate surface area is 184 Å². The SMILES string of the molecule is CC(C)c1cc(S(=O)(=O)c2c(Cl)cc(NC(=O)c3noc(=O)[nH]3)cc2Cl)nn(C)c1=O. The molecule has 0 bridgehead atoms. The van der Waals surface area contributed by atoms with Gasteiger partial charge in [0.25, 0.3) is 11.5 Å². The number of aromatic amines is 1. The molecule has 0 aliphatic carbocycles. The van der Waals surface area contributed by atoms with Gasteiger partial charge in [0.05, 0.1) is 10.0 Å². The van der Waals surface area contributed by atoms with Crippen molar-refractivity contribution in [1.82, 2.24) is 19.9 Å². The molecule has 2 aromatic heterocycles. The van der Waals surface area contributed by atoms with E-state index in [1.165, 1.54) is 13.1 Å². The van der Waals surface area contributed by atoms with E-state index in [-0.39, 0.29) is 27.2 Å². The third-order valence-corrected chi connectivity index (χ3v) is 6.69. The molecule has 1 amide bonds. The van der Waals surface area contributed by atoms with Crippen LogP contribution in [0.3, 0.4) is 0 Å². The second-order valence-electron chi connectivity index (χ2n) is 6.69. The van der Waals surface area contributed by atoms with Crippen LogP contribution in [0.2, 0.25) is 10.0 Å². The van der Waals surface area contributed by atoms with Crippen molar-refractivity contribution < 1.29 is 17.7 Å². The number of aryl methyl sites for hydroxylation is 1. The van der Waals surface area contributed by atoms with Crippen molar-refractivity contribution >= 4 is 44.6 Å². The first-order valence-electron chi connectivity index (χ1n) is 8.61. The number of aromatic nitrogens is 4. The molecule has 164 valence electrons. The largest absolute Gasteiger partial charge is 0.439 e. The first-order valence-corrected chi connectivity index (χ1v) is 10.9. The van der Waals surface area contributed by atoms with Crippen LogP contribution in [-0.4, -0.2) is 34.2 Å². The van der Waals surface area contributed by atoms with E-state index >= 15 is 0 Å². The van der Waals surface area contributed by atoms with Gasteiger partial charge in [-0.3, -0.25) is 19.1 Å². The Morgan fingerprint density at radius 1 is 1.19 bits per heavy atom. The number of hydrogen-bond donors (Lipinski definition) is 2. The Hall–Kier alpha value is -2.96. The molecule has 11 nitrogen and oxygen atoms in total. The third-order valence-electron chi connectivity index (χ3n) is 4.15. The molecule has 0 aliphatic heterocycles. The van der Waals surface area contributed by atoms with E-state index in [0.29, 0.717) is 0 Å². The molecule has 14 heteroatoms. The van der Waals surface area contributed by atoms with Crippen molar-refractivity contribution in [2.45, 2.75) is 29.7 Å². The lowest BCUT2D eigenvalue weighted by Gasteiger charge is -2.13. The molecule has 0 saturated heterocycles. The minimum Gasteiger partial charge on any atom is -0.319 e. The molecule has 1 aromatic carbocycles. The number of sulfone groups is 1. The van der Waals surface area contributed by atoms with E-state index < -0.39 is 42.8 Å². The van der Waals surface area contributed by atoms with Crippen molar-refractivity contribution in [3.63, 3.8) is 0 Å². The second-order valence-corrected chi connectivity index (χ2v) is 9.34. The number of benzene rings is 1. The monoisotopic (exact) mass is 487 g/mol. The van der Waals surface area contributed by atoms with E-state index in [4.69, 9.17) is 23.2 Å². The number of halogens is 2. The molecule has 0 radical (unpaired) electrons. The second kappa shape index (κ2) is 8.29. The number of rotatable bonds is 5. The van der Waals surface area contributed by atoms with Gasteiger partial charge in [-0.15, -0.1) is 0 Å². The van der Waals surface area contributed by atoms with Crippen LogP contribution in [0.4, 0.5) is 5.69 Å². The van der Waals surface area contributed by atoms with Crippen molar-refractivity contribution in [1.29, 1.82) is 0 Å². The number of carbonyl (C=O) groups excluding carboxylic acids is 1. The molecule has 3 rings (SSSR count). The van der Waals surface area contributed by atoms with Gasteiger partial charge < -0.3 is 5.32 Å². The molecule has 3 aromatic rings. The van der Waals surface area contributed by atoms with E-state index in [2.05, 4.69) is 25.1 Å². The molecule has 0 fully saturated rings. The number of carbonyl (C=O) groups is 1. The summed E-state index contributed by atoms with van der Waals surface area (Å²) in [6.45, 7) is 3.49. The summed E-state index contributed by atoms with van der Waals surface area (Å²) >= 11 is 12.3. The number of nitrogens with one attached hydrogen (secondary N) is 2. The molecular weight excluding hydrogens is 473 g/mol. The molecule has 0 saturated carbocycles. The summed E-state index contributed by atoms with van der Waals surface area (Å²) in [7, 11) is -2.98. The zero-order valence-electron chi connectivity index (χ0n) is 16.3. The molecule has 0 atom stereocenters. The van der Waals surface area contributed by atoms with Crippen LogP contribution < -0.4 is 16.6 Å². The third kappa shape index (κ3) is 4.40. The van der Waals surface area contributed by atoms with Gasteiger partial charge in [0.1, 0.15) is 4.90 Å². The van der Waals surface area contributed by atoms with E-state index in [1.807, 2.05) is 0 Å². The van der Waals surface area contributed by atoms with Crippen LogP contribution >= 0.6 is 23.2 Å². The van der Waals surface area contributed by atoms with Gasteiger partial charge in [-0.2, -0.15) is 5.10 Å². The van der Waals surface area contributed by atoms with Crippen LogP contribution in [-0.2, 0) is 16.9 Å². The summed E-state index contributed by atoms with van der Waals surface area (Å²) < 4.78 is 31.5. The smallest absolute Gasteiger partial charge is 0.319 e. The number of H-pyrrole nitrogens is 1. The van der Waals surface area contributed by atoms with E-state index in [1.54, 1.807) is 13.8 Å². The maximum Gasteiger partial charge on any atom is 0.439 e. The minimum atomic E-state index is -4.31. The fourth-order valence-corrected chi connectivity index (χ4v) is 5.11. The van der Waals surface area contributed by atoms with Crippen LogP contribution in [0, 0.1) is 0 Å².